The third-order valence-corrected chi connectivity index (χ3v) is 2.31. The monoisotopic (exact) mass is 296 g/mol. The van der Waals surface area contributed by atoms with Crippen LogP contribution in [0, 0.1) is 0 Å². The van der Waals surface area contributed by atoms with Crippen molar-refractivity contribution in [2.45, 2.75) is 12.7 Å². The number of carbonyl (C=O) groups excluding carboxylic acids is 3. The number of benzene rings is 1. The zero-order valence-electron chi connectivity index (χ0n) is 11.3. The molecule has 0 amide bonds. The fourth-order valence-corrected chi connectivity index (χ4v) is 1.40. The van der Waals surface area contributed by atoms with Crippen molar-refractivity contribution in [3.8, 4) is 0 Å². The summed E-state index contributed by atoms with van der Waals surface area (Å²) < 4.78 is 14.3. The first-order valence-electron chi connectivity index (χ1n) is 6.22. The largest absolute Gasteiger partial charge is 0.462 e. The predicted molar refractivity (Wildman–Crippen MR) is 70.1 cm³/mol. The number of aliphatic hydroxyl groups is 1. The highest BCUT2D eigenvalue weighted by Crippen LogP contribution is 2.02. The molecule has 0 saturated heterocycles. The predicted octanol–water partition coefficient (Wildman–Crippen LogP) is -0.151. The van der Waals surface area contributed by atoms with E-state index in [4.69, 9.17) is 14.6 Å². The molecular formula is C14H16O7. The van der Waals surface area contributed by atoms with Gasteiger partial charge in [0.2, 0.25) is 0 Å². The molecule has 0 aliphatic heterocycles. The summed E-state index contributed by atoms with van der Waals surface area (Å²) in [5, 5.41) is 8.41. The van der Waals surface area contributed by atoms with E-state index >= 15 is 0 Å². The number of aldehydes is 1. The second-order valence-electron chi connectivity index (χ2n) is 3.91. The molecule has 1 rings (SSSR count). The number of hydrogen-bond donors (Lipinski definition) is 1. The molecule has 0 fully saturated rings. The van der Waals surface area contributed by atoms with Gasteiger partial charge in [0.1, 0.15) is 13.2 Å². The molecule has 1 atom stereocenters. The zero-order valence-corrected chi connectivity index (χ0v) is 11.3. The zero-order chi connectivity index (χ0) is 15.5. The molecule has 0 saturated carbocycles. The van der Waals surface area contributed by atoms with Crippen LogP contribution < -0.4 is 0 Å². The van der Waals surface area contributed by atoms with Crippen molar-refractivity contribution >= 4 is 18.2 Å². The number of esters is 2. The van der Waals surface area contributed by atoms with Crippen LogP contribution in [0.4, 0.5) is 0 Å². The van der Waals surface area contributed by atoms with Gasteiger partial charge in [-0.1, -0.05) is 30.3 Å². The van der Waals surface area contributed by atoms with E-state index in [1.807, 2.05) is 6.07 Å². The first kappa shape index (κ1) is 16.8. The van der Waals surface area contributed by atoms with Crippen LogP contribution in [0.25, 0.3) is 0 Å². The average molecular weight is 296 g/mol. The topological polar surface area (TPSA) is 99.1 Å². The molecule has 0 aromatic heterocycles. The Hall–Kier alpha value is -2.25. The molecule has 21 heavy (non-hydrogen) atoms. The Morgan fingerprint density at radius 1 is 1.14 bits per heavy atom. The lowest BCUT2D eigenvalue weighted by Crippen LogP contribution is -2.26. The summed E-state index contributed by atoms with van der Waals surface area (Å²) in [5.74, 6) is -1.41. The van der Waals surface area contributed by atoms with Crippen LogP contribution in [-0.4, -0.2) is 49.4 Å². The second-order valence-corrected chi connectivity index (χ2v) is 3.91. The Morgan fingerprint density at radius 2 is 1.86 bits per heavy atom. The molecular weight excluding hydrogens is 280 g/mol. The van der Waals surface area contributed by atoms with Crippen molar-refractivity contribution in [2.75, 3.05) is 19.8 Å². The van der Waals surface area contributed by atoms with E-state index in [0.29, 0.717) is 6.29 Å². The minimum absolute atomic E-state index is 0.0219. The molecule has 7 nitrogen and oxygen atoms in total. The summed E-state index contributed by atoms with van der Waals surface area (Å²) in [6, 6.07) is 8.90. The van der Waals surface area contributed by atoms with Gasteiger partial charge in [-0.15, -0.1) is 0 Å². The van der Waals surface area contributed by atoms with Gasteiger partial charge < -0.3 is 19.3 Å². The molecule has 1 unspecified atom stereocenters. The average Bonchev–Trinajstić information content (AvgIpc) is 2.50. The molecule has 1 aromatic rings. The van der Waals surface area contributed by atoms with Gasteiger partial charge in [0.15, 0.2) is 6.29 Å². The number of hydrogen-bond acceptors (Lipinski definition) is 7. The van der Waals surface area contributed by atoms with Gasteiger partial charge >= 0.3 is 11.9 Å². The summed E-state index contributed by atoms with van der Waals surface area (Å²) in [4.78, 5) is 32.9. The van der Waals surface area contributed by atoms with Gasteiger partial charge in [-0.25, -0.2) is 4.79 Å². The highest BCUT2D eigenvalue weighted by Gasteiger charge is 2.14. The van der Waals surface area contributed by atoms with Crippen LogP contribution in [0.15, 0.2) is 30.3 Å². The quantitative estimate of drug-likeness (QED) is 0.293. The molecule has 7 heteroatoms. The molecule has 0 aliphatic rings. The highest BCUT2D eigenvalue weighted by atomic mass is 16.7. The fraction of sp³-hybridized carbons (Fsp3) is 0.357. The fourth-order valence-electron chi connectivity index (χ4n) is 1.40. The Kier molecular flexibility index (Phi) is 7.70. The van der Waals surface area contributed by atoms with E-state index < -0.39 is 24.8 Å². The van der Waals surface area contributed by atoms with E-state index in [1.54, 1.807) is 24.3 Å². The van der Waals surface area contributed by atoms with Crippen LogP contribution in [0.2, 0.25) is 0 Å². The van der Waals surface area contributed by atoms with E-state index in [0.717, 1.165) is 5.56 Å². The molecule has 1 aromatic carbocycles. The standard InChI is InChI=1S/C14H16O7/c15-9-13(18)19-6-7-20-14(10-16)21-12(17)8-11-4-2-1-3-5-11/h1-5,10,14-15H,6-9H2. The summed E-state index contributed by atoms with van der Waals surface area (Å²) in [6.45, 7) is -1.02. The number of rotatable bonds is 9. The maximum Gasteiger partial charge on any atom is 0.331 e. The molecule has 1 N–H and O–H groups in total. The van der Waals surface area contributed by atoms with E-state index in [9.17, 15) is 14.4 Å². The lowest BCUT2D eigenvalue weighted by molar-refractivity contribution is -0.181. The number of ether oxygens (including phenoxy) is 3. The van der Waals surface area contributed by atoms with Crippen molar-refractivity contribution in [1.82, 2.24) is 0 Å². The molecule has 0 aliphatic carbocycles. The SMILES string of the molecule is O=CC(OCCOC(=O)CO)OC(=O)Cc1ccccc1. The van der Waals surface area contributed by atoms with Crippen molar-refractivity contribution in [3.05, 3.63) is 35.9 Å². The van der Waals surface area contributed by atoms with Gasteiger partial charge in [-0.05, 0) is 5.56 Å². The van der Waals surface area contributed by atoms with E-state index in [-0.39, 0.29) is 19.6 Å². The van der Waals surface area contributed by atoms with Crippen LogP contribution in [-0.2, 0) is 35.0 Å². The maximum absolute atomic E-state index is 11.6. The third kappa shape index (κ3) is 7.19. The normalized spacial score (nSPS) is 11.5. The van der Waals surface area contributed by atoms with Crippen LogP contribution in [0.5, 0.6) is 0 Å². The Labute approximate surface area is 121 Å². The number of aliphatic hydroxyl groups excluding tert-OH is 1. The lowest BCUT2D eigenvalue weighted by Gasteiger charge is -2.13. The van der Waals surface area contributed by atoms with Gasteiger partial charge in [0.05, 0.1) is 13.0 Å². The minimum Gasteiger partial charge on any atom is -0.462 e. The lowest BCUT2D eigenvalue weighted by atomic mass is 10.2. The summed E-state index contributed by atoms with van der Waals surface area (Å²) >= 11 is 0. The van der Waals surface area contributed by atoms with Gasteiger partial charge in [-0.3, -0.25) is 9.59 Å². The summed E-state index contributed by atoms with van der Waals surface area (Å²) in [5.41, 5.74) is 0.754. The highest BCUT2D eigenvalue weighted by molar-refractivity contribution is 5.74. The molecule has 0 heterocycles. The van der Waals surface area contributed by atoms with Crippen molar-refractivity contribution in [2.24, 2.45) is 0 Å². The Morgan fingerprint density at radius 3 is 2.48 bits per heavy atom. The summed E-state index contributed by atoms with van der Waals surface area (Å²) in [6.07, 6.45) is -1.00. The van der Waals surface area contributed by atoms with E-state index in [2.05, 4.69) is 4.74 Å². The first-order valence-corrected chi connectivity index (χ1v) is 6.22. The maximum atomic E-state index is 11.6. The van der Waals surface area contributed by atoms with Crippen molar-refractivity contribution in [1.29, 1.82) is 0 Å². The van der Waals surface area contributed by atoms with Gasteiger partial charge in [-0.2, -0.15) is 0 Å². The summed E-state index contributed by atoms with van der Waals surface area (Å²) in [7, 11) is 0. The Bertz CT molecular complexity index is 458. The van der Waals surface area contributed by atoms with Gasteiger partial charge in [0.25, 0.3) is 6.29 Å². The minimum atomic E-state index is -1.35. The second kappa shape index (κ2) is 9.62. The Balaban J connectivity index is 2.28. The molecule has 0 spiro atoms. The van der Waals surface area contributed by atoms with Crippen molar-refractivity contribution < 1.29 is 33.7 Å². The van der Waals surface area contributed by atoms with Crippen LogP contribution in [0.1, 0.15) is 5.56 Å². The van der Waals surface area contributed by atoms with Gasteiger partial charge in [0, 0.05) is 0 Å². The first-order chi connectivity index (χ1) is 10.2. The van der Waals surface area contributed by atoms with Crippen LogP contribution in [0.3, 0.4) is 0 Å². The molecule has 0 bridgehead atoms. The van der Waals surface area contributed by atoms with Crippen LogP contribution >= 0.6 is 0 Å². The smallest absolute Gasteiger partial charge is 0.331 e. The van der Waals surface area contributed by atoms with E-state index in [1.165, 1.54) is 0 Å². The molecule has 114 valence electrons. The van der Waals surface area contributed by atoms with Crippen molar-refractivity contribution in [3.63, 3.8) is 0 Å². The number of carbonyl (C=O) groups is 3. The third-order valence-electron chi connectivity index (χ3n) is 2.31. The molecule has 0 radical (unpaired) electrons.